The molecule has 2 rings (SSSR count). The molecule has 0 aromatic heterocycles. The van der Waals surface area contributed by atoms with Crippen LogP contribution in [-0.2, 0) is 33.6 Å². The van der Waals surface area contributed by atoms with Crippen LogP contribution in [0, 0.1) is 0 Å². The molecule has 0 radical (unpaired) electrons. The number of rotatable bonds is 17. The molecule has 0 spiro atoms. The van der Waals surface area contributed by atoms with Gasteiger partial charge in [-0.1, -0.05) is 0 Å². The Bertz CT molecular complexity index is 1270. The van der Waals surface area contributed by atoms with Crippen molar-refractivity contribution in [1.29, 1.82) is 0 Å². The highest BCUT2D eigenvalue weighted by Crippen LogP contribution is 2.21. The highest BCUT2D eigenvalue weighted by Gasteiger charge is 2.40. The van der Waals surface area contributed by atoms with Crippen LogP contribution < -0.4 is 49.5 Å². The summed E-state index contributed by atoms with van der Waals surface area (Å²) >= 11 is 1.40. The number of hydrogen-bond acceptors (Lipinski definition) is 11. The average Bonchev–Trinajstić information content (AvgIpc) is 3.59. The molecule has 2 aliphatic rings. The van der Waals surface area contributed by atoms with Crippen molar-refractivity contribution < 1.29 is 38.7 Å². The Balaban J connectivity index is 2.61. The SMILES string of the molecule is CSCC[C@@H]1NC(=O)[C@H](CC(=O)O)NC(=O)[C@H](CCCCN)NC(=O)[C@H](CCCCN)NC(=O)[C@@H]2CCCN2C(=O)[C@H](CCCN=C(N)N)NC1=O. The fourth-order valence-electron chi connectivity index (χ4n) is 6.03. The predicted octanol–water partition coefficient (Wildman–Crippen LogP) is -3.05. The molecule has 2 saturated heterocycles. The molecule has 2 fully saturated rings. The maximum atomic E-state index is 14.1. The van der Waals surface area contributed by atoms with Crippen LogP contribution in [-0.4, -0.2) is 132 Å². The molecule has 0 aliphatic carbocycles. The monoisotopic (exact) mass is 755 g/mol. The van der Waals surface area contributed by atoms with Crippen LogP contribution >= 0.6 is 11.8 Å². The van der Waals surface area contributed by atoms with E-state index in [0.717, 1.165) is 0 Å². The number of aliphatic carboxylic acids is 1. The van der Waals surface area contributed by atoms with Gasteiger partial charge in [0.2, 0.25) is 35.4 Å². The minimum absolute atomic E-state index is 0.0861. The van der Waals surface area contributed by atoms with Crippen molar-refractivity contribution in [3.8, 4) is 0 Å². The van der Waals surface area contributed by atoms with Gasteiger partial charge in [0.1, 0.15) is 36.3 Å². The van der Waals surface area contributed by atoms with E-state index in [1.165, 1.54) is 16.7 Å². The second-order valence-corrected chi connectivity index (χ2v) is 13.9. The van der Waals surface area contributed by atoms with Gasteiger partial charge >= 0.3 is 5.97 Å². The number of carboxylic acid groups (broad SMARTS) is 1. The minimum Gasteiger partial charge on any atom is -0.481 e. The van der Waals surface area contributed by atoms with Crippen LogP contribution in [0.2, 0.25) is 0 Å². The number of carboxylic acids is 1. The lowest BCUT2D eigenvalue weighted by Gasteiger charge is -2.31. The summed E-state index contributed by atoms with van der Waals surface area (Å²) in [5.41, 5.74) is 22.2. The summed E-state index contributed by atoms with van der Waals surface area (Å²) in [6.45, 7) is 1.03. The number of amides is 6. The highest BCUT2D eigenvalue weighted by atomic mass is 32.2. The number of carbonyl (C=O) groups is 7. The first-order chi connectivity index (χ1) is 24.8. The normalized spacial score (nSPS) is 25.1. The van der Waals surface area contributed by atoms with Crippen molar-refractivity contribution >= 4 is 59.1 Å². The lowest BCUT2D eigenvalue weighted by molar-refractivity contribution is -0.143. The van der Waals surface area contributed by atoms with Crippen LogP contribution in [0.25, 0.3) is 0 Å². The molecule has 2 heterocycles. The zero-order valence-electron chi connectivity index (χ0n) is 29.9. The topological polar surface area (TPSA) is 320 Å². The number of aliphatic imine (C=N–C) groups is 1. The molecule has 0 bridgehead atoms. The van der Waals surface area contributed by atoms with Crippen LogP contribution in [0.15, 0.2) is 4.99 Å². The van der Waals surface area contributed by atoms with Crippen molar-refractivity contribution in [2.45, 2.75) is 113 Å². The van der Waals surface area contributed by atoms with E-state index in [1.807, 2.05) is 0 Å². The fraction of sp³-hybridized carbons (Fsp3) is 0.750. The maximum absolute atomic E-state index is 14.1. The lowest BCUT2D eigenvalue weighted by atomic mass is 10.0. The number of nitrogens with two attached hydrogens (primary N) is 4. The third-order valence-electron chi connectivity index (χ3n) is 8.81. The predicted molar refractivity (Wildman–Crippen MR) is 195 cm³/mol. The van der Waals surface area contributed by atoms with Gasteiger partial charge in [0.25, 0.3) is 0 Å². The van der Waals surface area contributed by atoms with Gasteiger partial charge < -0.3 is 59.5 Å². The van der Waals surface area contributed by atoms with Gasteiger partial charge in [-0.15, -0.1) is 0 Å². The Morgan fingerprint density at radius 1 is 0.731 bits per heavy atom. The molecule has 0 aromatic rings. The van der Waals surface area contributed by atoms with Crippen molar-refractivity contribution in [2.24, 2.45) is 27.9 Å². The van der Waals surface area contributed by atoms with E-state index < -0.39 is 84.1 Å². The minimum atomic E-state index is -1.62. The molecule has 0 unspecified atom stereocenters. The van der Waals surface area contributed by atoms with Crippen LogP contribution in [0.1, 0.15) is 77.0 Å². The zero-order chi connectivity index (χ0) is 38.6. The Kier molecular flexibility index (Phi) is 19.8. The Morgan fingerprint density at radius 2 is 1.21 bits per heavy atom. The standard InChI is InChI=1S/C32H57N11O8S/c1-52-17-12-21-28(48)41-22(10-6-15-37-32(35)36)31(51)43-16-7-11-24(43)30(50)40-20(9-3-5-14-34)26(46)38-19(8-2-4-13-33)27(47)42-23(18-25(44)45)29(49)39-21/h19-24H,2-18,33-34H2,1H3,(H,38,46)(H,39,49)(H,40,50)(H,41,48)(H,42,47)(H,44,45)(H4,35,36,37)/t19-,20-,21-,22-,23-,24-/m0/s1. The third kappa shape index (κ3) is 14.8. The number of carbonyl (C=O) groups excluding carboxylic acids is 6. The van der Waals surface area contributed by atoms with Crippen LogP contribution in [0.5, 0.6) is 0 Å². The first-order valence-corrected chi connectivity index (χ1v) is 19.2. The molecule has 52 heavy (non-hydrogen) atoms. The Hall–Kier alpha value is -4.17. The maximum Gasteiger partial charge on any atom is 0.305 e. The van der Waals surface area contributed by atoms with Crippen molar-refractivity contribution in [1.82, 2.24) is 31.5 Å². The van der Waals surface area contributed by atoms with Gasteiger partial charge in [0, 0.05) is 13.1 Å². The fourth-order valence-corrected chi connectivity index (χ4v) is 6.50. The molecular formula is C32H57N11O8S. The largest absolute Gasteiger partial charge is 0.481 e. The van der Waals surface area contributed by atoms with E-state index in [1.54, 1.807) is 6.26 Å². The summed E-state index contributed by atoms with van der Waals surface area (Å²) in [6, 6.07) is -7.24. The van der Waals surface area contributed by atoms with Crippen LogP contribution in [0.3, 0.4) is 0 Å². The van der Waals surface area contributed by atoms with Crippen molar-refractivity contribution in [3.63, 3.8) is 0 Å². The number of unbranched alkanes of at least 4 members (excludes halogenated alkanes) is 2. The molecule has 294 valence electrons. The number of guanidine groups is 1. The van der Waals surface area contributed by atoms with Gasteiger partial charge in [0.15, 0.2) is 5.96 Å². The van der Waals surface area contributed by atoms with Gasteiger partial charge in [-0.25, -0.2) is 0 Å². The quantitative estimate of drug-likeness (QED) is 0.0401. The highest BCUT2D eigenvalue weighted by molar-refractivity contribution is 7.98. The molecule has 2 aliphatic heterocycles. The van der Waals surface area contributed by atoms with E-state index in [4.69, 9.17) is 22.9 Å². The first kappa shape index (κ1) is 44.0. The van der Waals surface area contributed by atoms with Crippen molar-refractivity contribution in [2.75, 3.05) is 38.2 Å². The number of fused-ring (bicyclic) bond motifs is 1. The number of nitrogens with zero attached hydrogens (tertiary/aromatic N) is 2. The molecule has 19 nitrogen and oxygen atoms in total. The first-order valence-electron chi connectivity index (χ1n) is 17.8. The summed E-state index contributed by atoms with van der Waals surface area (Å²) in [5.74, 6) is -5.38. The lowest BCUT2D eigenvalue weighted by Crippen LogP contribution is -2.61. The number of hydrogen-bond donors (Lipinski definition) is 10. The van der Waals surface area contributed by atoms with Gasteiger partial charge in [-0.05, 0) is 95.7 Å². The molecule has 6 atom stereocenters. The smallest absolute Gasteiger partial charge is 0.305 e. The van der Waals surface area contributed by atoms with E-state index in [9.17, 15) is 38.7 Å². The summed E-state index contributed by atoms with van der Waals surface area (Å²) in [7, 11) is 0. The van der Waals surface area contributed by atoms with Gasteiger partial charge in [-0.2, -0.15) is 11.8 Å². The molecular weight excluding hydrogens is 698 g/mol. The Morgan fingerprint density at radius 3 is 1.73 bits per heavy atom. The van der Waals surface area contributed by atoms with Crippen LogP contribution in [0.4, 0.5) is 0 Å². The third-order valence-corrected chi connectivity index (χ3v) is 9.46. The van der Waals surface area contributed by atoms with Crippen molar-refractivity contribution in [3.05, 3.63) is 0 Å². The summed E-state index contributed by atoms with van der Waals surface area (Å²) in [6.07, 6.45) is 4.49. The van der Waals surface area contributed by atoms with E-state index in [0.29, 0.717) is 57.4 Å². The second-order valence-electron chi connectivity index (χ2n) is 12.9. The van der Waals surface area contributed by atoms with E-state index in [2.05, 4.69) is 31.6 Å². The summed E-state index contributed by atoms with van der Waals surface area (Å²) in [5, 5.41) is 22.8. The van der Waals surface area contributed by atoms with E-state index >= 15 is 0 Å². The molecule has 14 N–H and O–H groups in total. The number of nitrogens with one attached hydrogen (secondary N) is 5. The average molecular weight is 756 g/mol. The molecule has 6 amide bonds. The molecule has 0 saturated carbocycles. The summed E-state index contributed by atoms with van der Waals surface area (Å²) in [4.78, 5) is 99.8. The Labute approximate surface area is 308 Å². The second kappa shape index (κ2) is 23.4. The van der Waals surface area contributed by atoms with Gasteiger partial charge in [0.05, 0.1) is 6.42 Å². The molecule has 0 aromatic carbocycles. The summed E-state index contributed by atoms with van der Waals surface area (Å²) < 4.78 is 0. The van der Waals surface area contributed by atoms with Gasteiger partial charge in [-0.3, -0.25) is 38.6 Å². The zero-order valence-corrected chi connectivity index (χ0v) is 30.7. The van der Waals surface area contributed by atoms with E-state index in [-0.39, 0.29) is 51.2 Å². The number of thioether (sulfide) groups is 1. The molecule has 20 heteroatoms.